The Kier molecular flexibility index (Phi) is 17.4. The smallest absolute Gasteiger partial charge is 0.0226 e. The zero-order valence-corrected chi connectivity index (χ0v) is 23.6. The third-order valence-corrected chi connectivity index (χ3v) is 41.2. The van der Waals surface area contributed by atoms with Gasteiger partial charge in [0.05, 0.1) is 0 Å². The maximum absolute atomic E-state index is 2.66. The van der Waals surface area contributed by atoms with E-state index in [-0.39, 0.29) is 0 Å². The van der Waals surface area contributed by atoms with E-state index in [4.69, 9.17) is 0 Å². The predicted molar refractivity (Wildman–Crippen MR) is 119 cm³/mol. The molecular formula is C16H45N2Si4. The molecular weight excluding hydrogens is 333 g/mol. The van der Waals surface area contributed by atoms with Gasteiger partial charge in [-0.05, 0) is 95.7 Å². The SMILES string of the molecule is CC(C)N(CC[SiH2][SiH2][SiH2][SiH3])C(C)C.C[CH]N(C(C)C)C(C)C. The maximum Gasteiger partial charge on any atom is 0.0226 e. The summed E-state index contributed by atoms with van der Waals surface area (Å²) in [5.41, 5.74) is 0. The highest BCUT2D eigenvalue weighted by Gasteiger charge is 2.12. The van der Waals surface area contributed by atoms with Crippen LogP contribution in [-0.4, -0.2) is 76.4 Å². The molecule has 0 amide bonds. The lowest BCUT2D eigenvalue weighted by molar-refractivity contribution is 0.185. The lowest BCUT2D eigenvalue weighted by Crippen LogP contribution is -2.38. The molecule has 22 heavy (non-hydrogen) atoms. The maximum atomic E-state index is 2.66. The molecule has 0 saturated carbocycles. The summed E-state index contributed by atoms with van der Waals surface area (Å²) in [7, 11) is 3.41. The number of rotatable bonds is 10. The highest BCUT2D eigenvalue weighted by Crippen LogP contribution is 2.06. The molecule has 2 nitrogen and oxygen atoms in total. The Morgan fingerprint density at radius 2 is 1.32 bits per heavy atom. The predicted octanol–water partition coefficient (Wildman–Crippen LogP) is 0.427. The molecule has 1 radical (unpaired) electrons. The molecule has 0 rings (SSSR count). The van der Waals surface area contributed by atoms with E-state index in [0.29, 0.717) is 38.2 Å². The van der Waals surface area contributed by atoms with E-state index < -0.39 is 0 Å². The van der Waals surface area contributed by atoms with Gasteiger partial charge in [0, 0.05) is 39.7 Å². The first-order chi connectivity index (χ1) is 10.2. The van der Waals surface area contributed by atoms with Crippen molar-refractivity contribution in [2.24, 2.45) is 0 Å². The van der Waals surface area contributed by atoms with Crippen LogP contribution in [0, 0.1) is 6.54 Å². The van der Waals surface area contributed by atoms with E-state index >= 15 is 0 Å². The first-order valence-corrected chi connectivity index (χ1v) is 24.2. The van der Waals surface area contributed by atoms with Crippen molar-refractivity contribution in [1.29, 1.82) is 0 Å². The molecule has 0 aliphatic rings. The van der Waals surface area contributed by atoms with Crippen molar-refractivity contribution in [3.05, 3.63) is 6.54 Å². The van der Waals surface area contributed by atoms with E-state index in [9.17, 15) is 0 Å². The number of hydrogen-bond donors (Lipinski definition) is 0. The summed E-state index contributed by atoms with van der Waals surface area (Å²) in [6.45, 7) is 23.8. The third-order valence-electron chi connectivity index (χ3n) is 4.09. The molecule has 0 spiro atoms. The zero-order chi connectivity index (χ0) is 17.7. The highest BCUT2D eigenvalue weighted by molar-refractivity contribution is 7.41. The van der Waals surface area contributed by atoms with Crippen molar-refractivity contribution in [3.8, 4) is 0 Å². The van der Waals surface area contributed by atoms with Gasteiger partial charge in [0.25, 0.3) is 0 Å². The van der Waals surface area contributed by atoms with Crippen LogP contribution in [0.4, 0.5) is 0 Å². The van der Waals surface area contributed by atoms with Crippen molar-refractivity contribution >= 4 is 35.9 Å². The summed E-state index contributed by atoms with van der Waals surface area (Å²) < 4.78 is 0. The van der Waals surface area contributed by atoms with Gasteiger partial charge in [-0.15, -0.1) is 0 Å². The van der Waals surface area contributed by atoms with Gasteiger partial charge >= 0.3 is 0 Å². The Morgan fingerprint density at radius 3 is 1.55 bits per heavy atom. The Bertz CT molecular complexity index is 220. The topological polar surface area (TPSA) is 6.48 Å². The van der Waals surface area contributed by atoms with Gasteiger partial charge in [-0.1, -0.05) is 6.04 Å². The summed E-state index contributed by atoms with van der Waals surface area (Å²) in [6, 6.07) is 4.40. The first-order valence-electron chi connectivity index (χ1n) is 9.51. The number of nitrogens with zero attached hydrogens (tertiary/aromatic N) is 2. The van der Waals surface area contributed by atoms with Gasteiger partial charge in [-0.2, -0.15) is 0 Å². The molecule has 0 aromatic rings. The second-order valence-electron chi connectivity index (χ2n) is 7.38. The van der Waals surface area contributed by atoms with Crippen molar-refractivity contribution in [3.63, 3.8) is 0 Å². The Hall–Kier alpha value is 0.788. The van der Waals surface area contributed by atoms with Crippen LogP contribution in [0.15, 0.2) is 0 Å². The van der Waals surface area contributed by atoms with Crippen LogP contribution in [0.1, 0.15) is 62.3 Å². The summed E-state index contributed by atoms with van der Waals surface area (Å²) >= 11 is 0. The molecule has 6 heteroatoms. The van der Waals surface area contributed by atoms with E-state index in [0.717, 1.165) is 12.1 Å². The fraction of sp³-hybridized carbons (Fsp3) is 0.938. The van der Waals surface area contributed by atoms with Crippen molar-refractivity contribution in [1.82, 2.24) is 9.80 Å². The van der Waals surface area contributed by atoms with Crippen LogP contribution in [0.2, 0.25) is 6.04 Å². The minimum absolute atomic E-state index is 0.498. The first kappa shape index (κ1) is 25.0. The molecule has 0 aliphatic carbocycles. The van der Waals surface area contributed by atoms with Gasteiger partial charge in [0.15, 0.2) is 0 Å². The van der Waals surface area contributed by atoms with Gasteiger partial charge in [0.1, 0.15) is 0 Å². The van der Waals surface area contributed by atoms with Crippen molar-refractivity contribution in [2.75, 3.05) is 6.54 Å². The molecule has 0 N–H and O–H groups in total. The molecule has 0 saturated heterocycles. The average molecular weight is 378 g/mol. The minimum Gasteiger partial charge on any atom is -0.299 e. The monoisotopic (exact) mass is 377 g/mol. The molecule has 0 fully saturated rings. The highest BCUT2D eigenvalue weighted by atomic mass is 29.7. The van der Waals surface area contributed by atoms with E-state index in [1.807, 2.05) is 0 Å². The second-order valence-corrected chi connectivity index (χ2v) is 33.1. The standard InChI is InChI=1S/C8H27NSi4.C8H18N/c1-7(2)9(8(3)4)5-6-11-13-12-10;1-6-9(7(2)3)8(4)5/h7-8H,5-6,11-13H2,1-4,10H3;6-8H,1-5H3. The molecule has 0 aromatic heterocycles. The van der Waals surface area contributed by atoms with Gasteiger partial charge < -0.3 is 0 Å². The average Bonchev–Trinajstić information content (AvgIpc) is 2.38. The molecule has 0 bridgehead atoms. The Labute approximate surface area is 151 Å². The zero-order valence-electron chi connectivity index (χ0n) is 17.3. The Morgan fingerprint density at radius 1 is 0.864 bits per heavy atom. The molecule has 0 aromatic carbocycles. The summed E-state index contributed by atoms with van der Waals surface area (Å²) in [4.78, 5) is 5.00. The quantitative estimate of drug-likeness (QED) is 0.402. The lowest BCUT2D eigenvalue weighted by Gasteiger charge is -2.30. The van der Waals surface area contributed by atoms with Crippen LogP contribution in [0.25, 0.3) is 0 Å². The van der Waals surface area contributed by atoms with Crippen molar-refractivity contribution < 1.29 is 0 Å². The van der Waals surface area contributed by atoms with Gasteiger partial charge in [-0.25, -0.2) is 0 Å². The summed E-state index contributed by atoms with van der Waals surface area (Å²) in [5.74, 6) is 0. The normalized spacial score (nSPS) is 13.8. The van der Waals surface area contributed by atoms with E-state index in [2.05, 4.69) is 78.7 Å². The fourth-order valence-electron chi connectivity index (χ4n) is 3.03. The summed E-state index contributed by atoms with van der Waals surface area (Å²) in [5, 5.41) is 0. The van der Waals surface area contributed by atoms with Crippen LogP contribution in [0.3, 0.4) is 0 Å². The minimum atomic E-state index is 0.498. The van der Waals surface area contributed by atoms with E-state index in [1.165, 1.54) is 6.54 Å². The molecule has 0 aliphatic heterocycles. The van der Waals surface area contributed by atoms with Crippen molar-refractivity contribution in [2.45, 2.75) is 92.5 Å². The third kappa shape index (κ3) is 13.2. The van der Waals surface area contributed by atoms with E-state index in [1.54, 1.807) is 15.8 Å². The molecule has 0 heterocycles. The van der Waals surface area contributed by atoms with Crippen LogP contribution in [-0.2, 0) is 0 Å². The largest absolute Gasteiger partial charge is 0.299 e. The van der Waals surface area contributed by atoms with Crippen LogP contribution in [0.5, 0.6) is 0 Å². The Balaban J connectivity index is 0. The van der Waals surface area contributed by atoms with Gasteiger partial charge in [-0.3, -0.25) is 9.80 Å². The van der Waals surface area contributed by atoms with Crippen LogP contribution >= 0.6 is 0 Å². The lowest BCUT2D eigenvalue weighted by atomic mass is 10.2. The second kappa shape index (κ2) is 15.3. The fourth-order valence-corrected chi connectivity index (χ4v) is 28.9. The van der Waals surface area contributed by atoms with Crippen LogP contribution < -0.4 is 0 Å². The summed E-state index contributed by atoms with van der Waals surface area (Å²) in [6.07, 6.45) is 0. The molecule has 0 unspecified atom stereocenters. The number of hydrogen-bond acceptors (Lipinski definition) is 2. The van der Waals surface area contributed by atoms with Gasteiger partial charge in [0.2, 0.25) is 0 Å². The molecule has 0 atom stereocenters. The molecule has 135 valence electrons.